The minimum atomic E-state index is -1.65. The van der Waals surface area contributed by atoms with Gasteiger partial charge < -0.3 is 35.0 Å². The van der Waals surface area contributed by atoms with Crippen LogP contribution in [0.15, 0.2) is 63.6 Å². The van der Waals surface area contributed by atoms with Crippen LogP contribution in [-0.4, -0.2) is 56.0 Å². The monoisotopic (exact) mass is 641 g/mol. The van der Waals surface area contributed by atoms with Crippen LogP contribution in [0.4, 0.5) is 5.69 Å². The number of amides is 3. The number of carboxylic acid groups (broad SMARTS) is 1. The molecule has 244 valence electrons. The van der Waals surface area contributed by atoms with Crippen molar-refractivity contribution in [1.29, 1.82) is 0 Å². The Kier molecular flexibility index (Phi) is 7.75. The van der Waals surface area contributed by atoms with Crippen LogP contribution in [0.2, 0.25) is 0 Å². The average molecular weight is 642 g/mol. The first-order chi connectivity index (χ1) is 22.2. The molecule has 5 N–H and O–H groups in total. The van der Waals surface area contributed by atoms with E-state index in [4.69, 9.17) is 13.8 Å². The first-order valence-corrected chi connectivity index (χ1v) is 15.2. The second kappa shape index (κ2) is 11.5. The van der Waals surface area contributed by atoms with Crippen molar-refractivity contribution in [2.24, 2.45) is 11.3 Å². The van der Waals surface area contributed by atoms with E-state index in [1.807, 2.05) is 26.8 Å². The van der Waals surface area contributed by atoms with Gasteiger partial charge in [-0.2, -0.15) is 0 Å². The lowest BCUT2D eigenvalue weighted by molar-refractivity contribution is -0.136. The fourth-order valence-electron chi connectivity index (χ4n) is 6.04. The van der Waals surface area contributed by atoms with Crippen molar-refractivity contribution in [3.8, 4) is 11.6 Å². The van der Waals surface area contributed by atoms with Gasteiger partial charge in [-0.1, -0.05) is 77.1 Å². The van der Waals surface area contributed by atoms with Gasteiger partial charge in [-0.15, -0.1) is 0 Å². The number of nitrogens with zero attached hydrogens (tertiary/aromatic N) is 2. The molecule has 13 heteroatoms. The third-order valence-electron chi connectivity index (χ3n) is 8.57. The van der Waals surface area contributed by atoms with E-state index < -0.39 is 58.6 Å². The van der Waals surface area contributed by atoms with Crippen LogP contribution < -0.4 is 16.0 Å². The van der Waals surface area contributed by atoms with Crippen LogP contribution in [0.1, 0.15) is 79.5 Å². The van der Waals surface area contributed by atoms with Gasteiger partial charge in [0, 0.05) is 17.7 Å². The zero-order valence-electron chi connectivity index (χ0n) is 26.5. The molecule has 4 aromatic rings. The lowest BCUT2D eigenvalue weighted by Gasteiger charge is -2.32. The molecule has 2 aromatic heterocycles. The minimum Gasteiger partial charge on any atom is -0.476 e. The predicted octanol–water partition coefficient (Wildman–Crippen LogP) is 3.58. The molecule has 4 atom stereocenters. The van der Waals surface area contributed by atoms with Gasteiger partial charge in [0.05, 0.1) is 0 Å². The first kappa shape index (κ1) is 31.7. The van der Waals surface area contributed by atoms with Gasteiger partial charge in [0.15, 0.2) is 22.6 Å². The Morgan fingerprint density at radius 3 is 2.45 bits per heavy atom. The van der Waals surface area contributed by atoms with Crippen molar-refractivity contribution in [1.82, 2.24) is 20.6 Å². The zero-order chi connectivity index (χ0) is 33.8. The van der Waals surface area contributed by atoms with Gasteiger partial charge in [0.2, 0.25) is 29.5 Å². The molecule has 0 fully saturated rings. The van der Waals surface area contributed by atoms with E-state index in [0.29, 0.717) is 22.4 Å². The van der Waals surface area contributed by atoms with Crippen molar-refractivity contribution >= 4 is 29.4 Å². The number of benzene rings is 2. The Morgan fingerprint density at radius 1 is 1.09 bits per heavy atom. The van der Waals surface area contributed by atoms with Crippen LogP contribution in [0.25, 0.3) is 11.6 Å². The Labute approximate surface area is 269 Å². The molecule has 0 aliphatic carbocycles. The molecule has 0 saturated heterocycles. The number of carbonyl (C=O) groups excluding carboxylic acids is 3. The van der Waals surface area contributed by atoms with Crippen LogP contribution in [0, 0.1) is 11.3 Å². The van der Waals surface area contributed by atoms with E-state index in [0.717, 1.165) is 6.26 Å². The van der Waals surface area contributed by atoms with E-state index in [1.54, 1.807) is 56.3 Å². The van der Waals surface area contributed by atoms with Crippen LogP contribution in [0.3, 0.4) is 0 Å². The number of aromatic carboxylic acids is 1. The van der Waals surface area contributed by atoms with Gasteiger partial charge in [-0.3, -0.25) is 14.4 Å². The molecular weight excluding hydrogens is 606 g/mol. The van der Waals surface area contributed by atoms with Gasteiger partial charge >= 0.3 is 5.97 Å². The number of hydrogen-bond donors (Lipinski definition) is 5. The third kappa shape index (κ3) is 5.35. The highest BCUT2D eigenvalue weighted by molar-refractivity contribution is 6.11. The van der Waals surface area contributed by atoms with Crippen molar-refractivity contribution in [2.75, 3.05) is 5.32 Å². The number of oxazole rings is 2. The lowest BCUT2D eigenvalue weighted by atomic mass is 9.72. The van der Waals surface area contributed by atoms with Crippen molar-refractivity contribution in [2.45, 2.75) is 64.6 Å². The maximum atomic E-state index is 14.4. The normalized spacial score (nSPS) is 21.3. The molecule has 0 saturated carbocycles. The summed E-state index contributed by atoms with van der Waals surface area (Å²) in [5.41, 5.74) is -0.662. The molecule has 13 nitrogen and oxygen atoms in total. The van der Waals surface area contributed by atoms with E-state index in [1.165, 1.54) is 0 Å². The quantitative estimate of drug-likeness (QED) is 0.208. The highest BCUT2D eigenvalue weighted by Crippen LogP contribution is 2.52. The SMILES string of the molecule is CC(C)[C@H](O)C(=O)N[C@H]1Cc2ccc3c(c2)[C@](c2ccccc2)(C(=O)N3)c2oc(nc2-c2nc(C(=O)O)co2)[C@H](C(C)(C)C)NC1=O. The lowest BCUT2D eigenvalue weighted by Crippen LogP contribution is -2.53. The molecule has 3 amide bonds. The fourth-order valence-corrected chi connectivity index (χ4v) is 6.04. The van der Waals surface area contributed by atoms with Crippen molar-refractivity contribution < 1.29 is 38.2 Å². The summed E-state index contributed by atoms with van der Waals surface area (Å²) in [6, 6.07) is 12.1. The molecule has 2 aliphatic rings. The number of aliphatic hydroxyl groups excluding tert-OH is 1. The van der Waals surface area contributed by atoms with Gasteiger partial charge in [-0.25, -0.2) is 14.8 Å². The number of carbonyl (C=O) groups is 4. The largest absolute Gasteiger partial charge is 0.476 e. The van der Waals surface area contributed by atoms with Gasteiger partial charge in [0.25, 0.3) is 0 Å². The maximum absolute atomic E-state index is 14.4. The highest BCUT2D eigenvalue weighted by atomic mass is 16.4. The van der Waals surface area contributed by atoms with E-state index in [-0.39, 0.29) is 35.4 Å². The van der Waals surface area contributed by atoms with E-state index >= 15 is 0 Å². The number of anilines is 1. The maximum Gasteiger partial charge on any atom is 0.357 e. The average Bonchev–Trinajstić information content (AvgIpc) is 3.74. The Balaban J connectivity index is 1.65. The molecule has 4 bridgehead atoms. The first-order valence-electron chi connectivity index (χ1n) is 15.2. The van der Waals surface area contributed by atoms with Gasteiger partial charge in [-0.05, 0) is 28.5 Å². The molecule has 2 aliphatic heterocycles. The Morgan fingerprint density at radius 2 is 1.81 bits per heavy atom. The third-order valence-corrected chi connectivity index (χ3v) is 8.57. The summed E-state index contributed by atoms with van der Waals surface area (Å²) in [6.07, 6.45) is -0.336. The van der Waals surface area contributed by atoms with E-state index in [2.05, 4.69) is 20.9 Å². The number of rotatable bonds is 6. The summed E-state index contributed by atoms with van der Waals surface area (Å²) < 4.78 is 12.2. The molecular formula is C34H35N5O8. The molecule has 6 rings (SSSR count). The molecule has 47 heavy (non-hydrogen) atoms. The van der Waals surface area contributed by atoms with E-state index in [9.17, 15) is 29.4 Å². The molecule has 0 unspecified atom stereocenters. The number of carboxylic acids is 1. The summed E-state index contributed by atoms with van der Waals surface area (Å²) in [4.78, 5) is 62.1. The zero-order valence-corrected chi connectivity index (χ0v) is 26.5. The van der Waals surface area contributed by atoms with Gasteiger partial charge in [0.1, 0.15) is 24.5 Å². The van der Waals surface area contributed by atoms with Crippen molar-refractivity contribution in [3.63, 3.8) is 0 Å². The number of aromatic nitrogens is 2. The molecule has 0 spiro atoms. The van der Waals surface area contributed by atoms with Crippen LogP contribution >= 0.6 is 0 Å². The summed E-state index contributed by atoms with van der Waals surface area (Å²) in [5.74, 6) is -3.58. The Hall–Kier alpha value is -5.30. The number of aliphatic hydroxyl groups is 1. The number of fused-ring (bicyclic) bond motifs is 4. The standard InChI is InChI=1S/C34H35N5O8/c1-16(2)24(40)28(42)35-21-14-17-11-12-20-19(13-17)34(32(45)37-20,18-9-7-6-8-10-18)26-23(29-36-22(15-46-29)31(43)44)38-30(47-26)25(33(3,4)5)39-27(21)41/h6-13,15-16,21,24-25,40H,14H2,1-5H3,(H,35,42)(H,37,45)(H,39,41)(H,43,44)/t21-,24-,25+,34-/m0/s1. The summed E-state index contributed by atoms with van der Waals surface area (Å²) in [5, 5.41) is 28.7. The summed E-state index contributed by atoms with van der Waals surface area (Å²) in [7, 11) is 0. The smallest absolute Gasteiger partial charge is 0.357 e. The molecule has 2 aromatic carbocycles. The molecule has 4 heterocycles. The Bertz CT molecular complexity index is 1890. The number of nitrogens with one attached hydrogen (secondary N) is 3. The van der Waals surface area contributed by atoms with Crippen molar-refractivity contribution in [3.05, 3.63) is 88.8 Å². The minimum absolute atomic E-state index is 0.00602. The fraction of sp³-hybridized carbons (Fsp3) is 0.353. The predicted molar refractivity (Wildman–Crippen MR) is 167 cm³/mol. The second-order valence-corrected chi connectivity index (χ2v) is 13.3. The number of hydrogen-bond acceptors (Lipinski definition) is 9. The highest BCUT2D eigenvalue weighted by Gasteiger charge is 2.55. The molecule has 0 radical (unpaired) electrons. The summed E-state index contributed by atoms with van der Waals surface area (Å²) in [6.45, 7) is 8.95. The van der Waals surface area contributed by atoms with Crippen LogP contribution in [0.5, 0.6) is 0 Å². The summed E-state index contributed by atoms with van der Waals surface area (Å²) >= 11 is 0. The topological polar surface area (TPSA) is 197 Å². The second-order valence-electron chi connectivity index (χ2n) is 13.3. The van der Waals surface area contributed by atoms with Crippen LogP contribution in [-0.2, 0) is 26.2 Å².